The number of ether oxygens (including phenoxy) is 2. The van der Waals surface area contributed by atoms with Gasteiger partial charge >= 0.3 is 337 Å². The summed E-state index contributed by atoms with van der Waals surface area (Å²) >= 11 is 0. The van der Waals surface area contributed by atoms with Gasteiger partial charge in [0.1, 0.15) is 0 Å². The van der Waals surface area contributed by atoms with Crippen molar-refractivity contribution in [3.8, 4) is 0 Å². The van der Waals surface area contributed by atoms with Crippen molar-refractivity contribution in [3.63, 3.8) is 0 Å². The molecule has 2 aliphatic rings. The van der Waals surface area contributed by atoms with E-state index in [1.807, 2.05) is 61.5 Å². The first-order chi connectivity index (χ1) is 29.3. The average molecular weight is 845 g/mol. The van der Waals surface area contributed by atoms with Crippen LogP contribution in [0.3, 0.4) is 0 Å². The fourth-order valence-corrected chi connectivity index (χ4v) is 14.4. The van der Waals surface area contributed by atoms with E-state index in [9.17, 15) is 34.6 Å². The van der Waals surface area contributed by atoms with Gasteiger partial charge in [-0.15, -0.1) is 0 Å². The summed E-state index contributed by atoms with van der Waals surface area (Å²) in [5.74, 6) is -1.39. The molecule has 1 aliphatic carbocycles. The Bertz CT molecular complexity index is 2380. The second-order valence-corrected chi connectivity index (χ2v) is 20.7. The quantitative estimate of drug-likeness (QED) is 0.0424. The first-order valence-corrected chi connectivity index (χ1v) is 22.3. The number of amides is 2. The number of carbonyl (C=O) groups excluding carboxylic acids is 4. The fourth-order valence-electron chi connectivity index (χ4n) is 8.50. The number of nitrogens with one attached hydrogen (secondary N) is 1. The van der Waals surface area contributed by atoms with Gasteiger partial charge in [-0.3, -0.25) is 10.1 Å². The third kappa shape index (κ3) is 7.75. The molecule has 3 atom stereocenters. The average Bonchev–Trinajstić information content (AvgIpc) is 4.04. The van der Waals surface area contributed by atoms with Crippen LogP contribution in [0, 0.1) is 31.6 Å². The molecule has 5 aromatic rings. The van der Waals surface area contributed by atoms with Crippen LogP contribution < -0.4 is 21.2 Å². The number of Topliss-reactive ketones (excluding diaryl/α,β-unsaturated/α-hetero) is 1. The monoisotopic (exact) mass is 844 g/mol. The number of rotatable bonds is 17. The van der Waals surface area contributed by atoms with Gasteiger partial charge in [0.25, 0.3) is 0 Å². The molecule has 5 aromatic carbocycles. The molecule has 1 saturated carbocycles. The molecule has 7 rings (SSSR count). The maximum atomic E-state index is 15.9. The zero-order valence-electron chi connectivity index (χ0n) is 33.6. The van der Waals surface area contributed by atoms with E-state index in [-0.39, 0.29) is 41.0 Å². The molecule has 0 spiro atoms. The molecule has 1 saturated heterocycles. The fraction of sp³-hybridized carbons (Fsp3) is 0.261. The summed E-state index contributed by atoms with van der Waals surface area (Å²) in [4.78, 5) is 82.1. The van der Waals surface area contributed by atoms with E-state index in [0.29, 0.717) is 28.8 Å². The zero-order valence-corrected chi connectivity index (χ0v) is 34.5. The predicted octanol–water partition coefficient (Wildman–Crippen LogP) is 7.53. The molecule has 1 aliphatic heterocycles. The Morgan fingerprint density at radius 2 is 1.15 bits per heavy atom. The van der Waals surface area contributed by atoms with Crippen LogP contribution in [-0.4, -0.2) is 56.6 Å². The normalized spacial score (nSPS) is 17.7. The van der Waals surface area contributed by atoms with Gasteiger partial charge in [-0.05, 0) is 0 Å². The predicted molar refractivity (Wildman–Crippen MR) is 230 cm³/mol. The molecule has 1 N–H and O–H groups in total. The molecule has 61 heavy (non-hydrogen) atoms. The van der Waals surface area contributed by atoms with Crippen molar-refractivity contribution in [2.45, 2.75) is 58.4 Å². The standard InChI is InChI=1S/C46H45N4O10P/c1-32(47-44(53)59-29-33-16-12-14-24-38(33)49(55)56)42-40(28-41(51)46(2)26-27-46)48(43(42)52)31-61(35-18-6-3-7-19-35,36-20-8-4-9-21-36,37-22-10-5-11-23-37)45(54)60-30-34-17-13-15-25-39(34)50(57)58/h3-25,32,40,42H,26-31H2,1-2H3,(H,47,53). The molecule has 314 valence electrons. The number of hydrogen-bond donors (Lipinski definition) is 1. The Labute approximate surface area is 352 Å². The van der Waals surface area contributed by atoms with Gasteiger partial charge in [0.15, 0.2) is 0 Å². The first-order valence-electron chi connectivity index (χ1n) is 19.9. The van der Waals surface area contributed by atoms with Crippen molar-refractivity contribution in [3.05, 3.63) is 171 Å². The Balaban J connectivity index is 1.32. The van der Waals surface area contributed by atoms with Crippen LogP contribution >= 0.6 is 6.60 Å². The summed E-state index contributed by atoms with van der Waals surface area (Å²) in [6.07, 6.45) is 0.196. The zero-order chi connectivity index (χ0) is 43.4. The van der Waals surface area contributed by atoms with Gasteiger partial charge < -0.3 is 0 Å². The van der Waals surface area contributed by atoms with Crippen LogP contribution in [0.2, 0.25) is 0 Å². The maximum absolute atomic E-state index is 15.9. The van der Waals surface area contributed by atoms with Crippen molar-refractivity contribution in [2.24, 2.45) is 11.3 Å². The number of likely N-dealkylation sites (tertiary alicyclic amines) is 1. The molecule has 14 nitrogen and oxygen atoms in total. The number of nitrogens with zero attached hydrogens (tertiary/aromatic N) is 3. The van der Waals surface area contributed by atoms with E-state index >= 15 is 4.79 Å². The Morgan fingerprint density at radius 3 is 1.59 bits per heavy atom. The summed E-state index contributed by atoms with van der Waals surface area (Å²) < 4.78 is 11.7. The number of carbonyl (C=O) groups is 4. The number of para-hydroxylation sites is 2. The van der Waals surface area contributed by atoms with Gasteiger partial charge in [-0.2, -0.15) is 0 Å². The van der Waals surface area contributed by atoms with Gasteiger partial charge in [-0.25, -0.2) is 0 Å². The van der Waals surface area contributed by atoms with E-state index in [1.54, 1.807) is 60.4 Å². The number of nitro groups is 2. The minimum atomic E-state index is -4.79. The molecule has 0 radical (unpaired) electrons. The van der Waals surface area contributed by atoms with Gasteiger partial charge in [-0.1, -0.05) is 6.07 Å². The Hall–Kier alpha value is -6.79. The van der Waals surface area contributed by atoms with Crippen LogP contribution in [0.1, 0.15) is 44.2 Å². The van der Waals surface area contributed by atoms with E-state index in [1.165, 1.54) is 36.4 Å². The van der Waals surface area contributed by atoms with Gasteiger partial charge in [0.05, 0.1) is 0 Å². The van der Waals surface area contributed by atoms with E-state index in [2.05, 4.69) is 5.32 Å². The number of hydrogen-bond acceptors (Lipinski definition) is 10. The Morgan fingerprint density at radius 1 is 0.721 bits per heavy atom. The van der Waals surface area contributed by atoms with Crippen LogP contribution in [0.5, 0.6) is 0 Å². The molecule has 2 amide bonds. The minimum absolute atomic E-state index is 0.0513. The van der Waals surface area contributed by atoms with Crippen molar-refractivity contribution < 1.29 is 38.5 Å². The van der Waals surface area contributed by atoms with Gasteiger partial charge in [0.2, 0.25) is 0 Å². The molecule has 0 aromatic heterocycles. The van der Waals surface area contributed by atoms with E-state index < -0.39 is 70.8 Å². The molecular formula is C46H45N4O10P. The van der Waals surface area contributed by atoms with Crippen LogP contribution in [-0.2, 0) is 32.3 Å². The third-order valence-electron chi connectivity index (χ3n) is 12.2. The van der Waals surface area contributed by atoms with Crippen LogP contribution in [0.15, 0.2) is 140 Å². The van der Waals surface area contributed by atoms with Crippen molar-refractivity contribution >= 4 is 57.4 Å². The van der Waals surface area contributed by atoms with Crippen molar-refractivity contribution in [1.82, 2.24) is 10.2 Å². The van der Waals surface area contributed by atoms with Gasteiger partial charge in [0, 0.05) is 0 Å². The number of benzene rings is 5. The number of alkyl carbamates (subject to hydrolysis) is 1. The molecule has 15 heteroatoms. The first kappa shape index (κ1) is 42.3. The van der Waals surface area contributed by atoms with Crippen molar-refractivity contribution in [2.75, 3.05) is 6.29 Å². The summed E-state index contributed by atoms with van der Waals surface area (Å²) in [6.45, 7) is -2.10. The summed E-state index contributed by atoms with van der Waals surface area (Å²) in [5, 5.41) is 28.0. The molecule has 0 bridgehead atoms. The molecular weight excluding hydrogens is 799 g/mol. The van der Waals surface area contributed by atoms with E-state index in [4.69, 9.17) is 9.47 Å². The summed E-state index contributed by atoms with van der Waals surface area (Å²) in [6, 6.07) is 37.5. The summed E-state index contributed by atoms with van der Waals surface area (Å²) in [7, 11) is 0. The number of nitro benzene ring substituents is 2. The second kappa shape index (κ2) is 17.1. The van der Waals surface area contributed by atoms with Crippen LogP contribution in [0.25, 0.3) is 0 Å². The topological polar surface area (TPSA) is 188 Å². The third-order valence-corrected chi connectivity index (χ3v) is 18.4. The van der Waals surface area contributed by atoms with E-state index in [0.717, 1.165) is 0 Å². The number of β-lactam (4-membered cyclic amide) rings is 1. The second-order valence-electron chi connectivity index (χ2n) is 15.9. The molecule has 3 unspecified atom stereocenters. The van der Waals surface area contributed by atoms with Crippen molar-refractivity contribution in [1.29, 1.82) is 0 Å². The SMILES string of the molecule is CC(NC(=O)OCc1ccccc1[N+](=O)[O-])C1C(=O)N(CP(C(=O)OCc2ccccc2[N+](=O)[O-])(c2ccccc2)(c2ccccc2)c2ccccc2)C1CC(=O)C1(C)CC1. The van der Waals surface area contributed by atoms with Crippen LogP contribution in [0.4, 0.5) is 21.0 Å². The number of ketones is 1. The molecule has 1 heterocycles. The Kier molecular flexibility index (Phi) is 11.8. The summed E-state index contributed by atoms with van der Waals surface area (Å²) in [5.41, 5.74) is -1.32. The molecule has 2 fully saturated rings.